The van der Waals surface area contributed by atoms with Crippen LogP contribution in [0.15, 0.2) is 4.99 Å². The Morgan fingerprint density at radius 3 is 2.55 bits per heavy atom. The van der Waals surface area contributed by atoms with Crippen LogP contribution in [-0.2, 0) is 4.79 Å². The van der Waals surface area contributed by atoms with Gasteiger partial charge in [0.1, 0.15) is 0 Å². The van der Waals surface area contributed by atoms with Gasteiger partial charge >= 0.3 is 5.97 Å². The van der Waals surface area contributed by atoms with Crippen molar-refractivity contribution in [3.05, 3.63) is 5.73 Å². The van der Waals surface area contributed by atoms with Crippen molar-refractivity contribution in [3.8, 4) is 0 Å². The van der Waals surface area contributed by atoms with Gasteiger partial charge < -0.3 is 27.4 Å². The number of carbonyl (C=O) groups is 1. The molecule has 0 heterocycles. The first kappa shape index (κ1) is 20.1. The molecule has 0 aromatic carbocycles. The number of hydrogen-bond donors (Lipinski definition) is 4. The molecule has 7 N–H and O–H groups in total. The van der Waals surface area contributed by atoms with Crippen LogP contribution in [0.2, 0.25) is 0 Å². The first-order valence-corrected chi connectivity index (χ1v) is 6.59. The Morgan fingerprint density at radius 2 is 2.10 bits per heavy atom. The maximum atomic E-state index is 11.1. The molecule has 0 saturated heterocycles. The summed E-state index contributed by atoms with van der Waals surface area (Å²) < 4.78 is 0. The van der Waals surface area contributed by atoms with Gasteiger partial charge in [-0.15, -0.1) is 6.04 Å². The van der Waals surface area contributed by atoms with Crippen molar-refractivity contribution in [2.24, 2.45) is 28.3 Å². The number of aliphatic imine (C=N–C) groups is 1. The van der Waals surface area contributed by atoms with Crippen LogP contribution in [-0.4, -0.2) is 40.3 Å². The number of aliphatic hydroxyl groups is 1. The van der Waals surface area contributed by atoms with E-state index in [1.165, 1.54) is 0 Å². The predicted molar refractivity (Wildman–Crippen MR) is 72.5 cm³/mol. The van der Waals surface area contributed by atoms with Crippen molar-refractivity contribution < 1.29 is 59.1 Å². The van der Waals surface area contributed by atoms with Crippen molar-refractivity contribution in [3.63, 3.8) is 0 Å². The number of carboxylic acid groups (broad SMARTS) is 1. The van der Waals surface area contributed by atoms with Crippen molar-refractivity contribution in [2.45, 2.75) is 50.8 Å². The second-order valence-electron chi connectivity index (χ2n) is 5.12. The second-order valence-corrected chi connectivity index (χ2v) is 5.12. The van der Waals surface area contributed by atoms with Crippen molar-refractivity contribution in [2.75, 3.05) is 0 Å². The number of nitrogens with zero attached hydrogens (tertiary/aromatic N) is 1. The quantitative estimate of drug-likeness (QED) is 0.308. The molecular weight excluding hydrogens is 475 g/mol. The Morgan fingerprint density at radius 1 is 1.50 bits per heavy atom. The van der Waals surface area contributed by atoms with Crippen LogP contribution in [0.25, 0.3) is 5.73 Å². The molecule has 5 atom stereocenters. The zero-order valence-electron chi connectivity index (χ0n) is 11.7. The van der Waals surface area contributed by atoms with E-state index < -0.39 is 36.0 Å². The molecule has 0 aliphatic heterocycles. The second kappa shape index (κ2) is 9.19. The number of nitrogens with two attached hydrogens (primary N) is 2. The number of unbranched alkanes of at least 4 members (excludes halogenated alkanes) is 1. The fraction of sp³-hybridized carbons (Fsp3) is 0.833. The van der Waals surface area contributed by atoms with Crippen LogP contribution in [0.3, 0.4) is 0 Å². The average molecular weight is 498 g/mol. The molecule has 8 heteroatoms. The first-order chi connectivity index (χ1) is 8.88. The van der Waals surface area contributed by atoms with Gasteiger partial charge in [0.15, 0.2) is 5.96 Å². The van der Waals surface area contributed by atoms with Gasteiger partial charge in [0.25, 0.3) is 0 Å². The summed E-state index contributed by atoms with van der Waals surface area (Å²) in [5.74, 6) is -2.60. The molecule has 20 heavy (non-hydrogen) atoms. The molecule has 0 amide bonds. The molecule has 0 spiro atoms. The van der Waals surface area contributed by atoms with E-state index in [1.54, 1.807) is 0 Å². The minimum atomic E-state index is -1.06. The van der Waals surface area contributed by atoms with Gasteiger partial charge in [0, 0.05) is 44.1 Å². The van der Waals surface area contributed by atoms with Crippen LogP contribution >= 0.6 is 0 Å². The molecule has 5 unspecified atom stereocenters. The van der Waals surface area contributed by atoms with Crippen molar-refractivity contribution >= 4 is 11.9 Å². The molecule has 113 valence electrons. The Kier molecular flexibility index (Phi) is 9.23. The number of carboxylic acids is 1. The smallest absolute Gasteiger partial charge is 0.309 e. The molecule has 1 saturated carbocycles. The Hall–Kier alpha value is 0.102. The van der Waals surface area contributed by atoms with E-state index in [9.17, 15) is 9.90 Å². The van der Waals surface area contributed by atoms with E-state index in [0.29, 0.717) is 6.42 Å². The zero-order valence-corrected chi connectivity index (χ0v) is 16.4. The van der Waals surface area contributed by atoms with Gasteiger partial charge in [0.2, 0.25) is 0 Å². The van der Waals surface area contributed by atoms with E-state index in [0.717, 1.165) is 12.8 Å². The van der Waals surface area contributed by atoms with Crippen LogP contribution in [0.1, 0.15) is 32.6 Å². The van der Waals surface area contributed by atoms with Gasteiger partial charge in [-0.2, -0.15) is 0 Å². The Labute approximate surface area is 154 Å². The minimum Gasteiger partial charge on any atom is -0.674 e. The third-order valence-corrected chi connectivity index (χ3v) is 3.71. The topological polar surface area (TPSA) is 146 Å². The normalized spacial score (nSPS) is 30.4. The Bertz CT molecular complexity index is 350. The standard InChI is InChI=1S/C12H23N4O3.Ac/c1-2-3-4-7(13)9-8(16-12(14)15)5-6(10(9)17)11(18)19;/h6-10,13,17H,2-5H2,1H3,(H,18,19)(H4,14,15,16);/q-1;. The van der Waals surface area contributed by atoms with Gasteiger partial charge in [-0.1, -0.05) is 26.2 Å². The summed E-state index contributed by atoms with van der Waals surface area (Å²) in [7, 11) is 0. The Balaban J connectivity index is 0.00000361. The van der Waals surface area contributed by atoms with Crippen molar-refractivity contribution in [1.82, 2.24) is 0 Å². The van der Waals surface area contributed by atoms with Gasteiger partial charge in [-0.3, -0.25) is 4.79 Å². The maximum Gasteiger partial charge on any atom is 0.309 e. The minimum absolute atomic E-state index is 0. The van der Waals surface area contributed by atoms with Crippen LogP contribution in [0.4, 0.5) is 0 Å². The van der Waals surface area contributed by atoms with E-state index in [4.69, 9.17) is 22.3 Å². The van der Waals surface area contributed by atoms with Crippen LogP contribution in [0.5, 0.6) is 0 Å². The molecule has 0 aromatic heterocycles. The van der Waals surface area contributed by atoms with E-state index >= 15 is 0 Å². The SMILES string of the molecule is CCCCC([NH-])C1C(N=C(N)N)CC(C(=O)O)C1O.[Ac]. The van der Waals surface area contributed by atoms with E-state index in [1.807, 2.05) is 6.92 Å². The molecule has 1 aliphatic carbocycles. The first-order valence-electron chi connectivity index (χ1n) is 6.59. The summed E-state index contributed by atoms with van der Waals surface area (Å²) in [6.45, 7) is 2.02. The summed E-state index contributed by atoms with van der Waals surface area (Å²) in [4.78, 5) is 15.1. The predicted octanol–water partition coefficient (Wildman–Crippen LogP) is 0.321. The van der Waals surface area contributed by atoms with E-state index in [2.05, 4.69) is 4.99 Å². The van der Waals surface area contributed by atoms with Gasteiger partial charge in [-0.25, -0.2) is 4.99 Å². The maximum absolute atomic E-state index is 11.1. The van der Waals surface area contributed by atoms with Crippen molar-refractivity contribution in [1.29, 1.82) is 0 Å². The summed E-state index contributed by atoms with van der Waals surface area (Å²) in [5, 5.41) is 19.2. The molecule has 1 aliphatic rings. The van der Waals surface area contributed by atoms with Crippen LogP contribution < -0.4 is 11.5 Å². The number of aliphatic hydroxyl groups excluding tert-OH is 1. The number of aliphatic carboxylic acids is 1. The third kappa shape index (κ3) is 5.14. The van der Waals surface area contributed by atoms with Crippen LogP contribution in [0, 0.1) is 55.9 Å². The number of rotatable bonds is 6. The summed E-state index contributed by atoms with van der Waals surface area (Å²) in [5.41, 5.74) is 18.8. The number of nitrogens with one attached hydrogen (secondary N) is 1. The molecular formula is C12H23AcN4O3-. The fourth-order valence-electron chi connectivity index (χ4n) is 2.75. The summed E-state index contributed by atoms with van der Waals surface area (Å²) in [6, 6.07) is -1.03. The molecule has 1 rings (SSSR count). The molecule has 0 bridgehead atoms. The fourth-order valence-corrected chi connectivity index (χ4v) is 2.75. The largest absolute Gasteiger partial charge is 0.674 e. The van der Waals surface area contributed by atoms with E-state index in [-0.39, 0.29) is 56.4 Å². The summed E-state index contributed by atoms with van der Waals surface area (Å²) >= 11 is 0. The van der Waals surface area contributed by atoms with Gasteiger partial charge in [-0.05, 0) is 12.3 Å². The number of hydrogen-bond acceptors (Lipinski definition) is 3. The molecule has 7 nitrogen and oxygen atoms in total. The average Bonchev–Trinajstić information content (AvgIpc) is 2.62. The molecule has 1 fully saturated rings. The molecule has 1 radical (unpaired) electrons. The summed E-state index contributed by atoms with van der Waals surface area (Å²) in [6.07, 6.45) is 1.55. The zero-order chi connectivity index (χ0) is 14.6. The third-order valence-electron chi connectivity index (χ3n) is 3.71. The monoisotopic (exact) mass is 498 g/mol. The van der Waals surface area contributed by atoms with Gasteiger partial charge in [0.05, 0.1) is 18.1 Å². The molecule has 0 aromatic rings. The number of guanidine groups is 1.